The Morgan fingerprint density at radius 1 is 1.29 bits per heavy atom. The lowest BCUT2D eigenvalue weighted by Crippen LogP contribution is -2.40. The number of likely N-dealkylation sites (tertiary alicyclic amines) is 1. The highest BCUT2D eigenvalue weighted by Crippen LogP contribution is 2.22. The molecular weight excluding hydrogens is 377 g/mol. The van der Waals surface area contributed by atoms with Crippen LogP contribution in [0.4, 0.5) is 13.2 Å². The first-order valence-corrected chi connectivity index (χ1v) is 9.19. The van der Waals surface area contributed by atoms with Crippen LogP contribution in [0.5, 0.6) is 5.75 Å². The van der Waals surface area contributed by atoms with E-state index in [4.69, 9.17) is 4.74 Å². The summed E-state index contributed by atoms with van der Waals surface area (Å²) in [7, 11) is 1.73. The SMILES string of the molecule is CCCC(=O)N1CCCC(COC)C1.O=NCc1ccc(OC(F)(F)F)cc1. The van der Waals surface area contributed by atoms with Gasteiger partial charge in [0.25, 0.3) is 0 Å². The van der Waals surface area contributed by atoms with E-state index in [-0.39, 0.29) is 12.3 Å². The molecule has 28 heavy (non-hydrogen) atoms. The quantitative estimate of drug-likeness (QED) is 0.627. The summed E-state index contributed by atoms with van der Waals surface area (Å²) in [6, 6.07) is 4.97. The van der Waals surface area contributed by atoms with Crippen molar-refractivity contribution in [3.8, 4) is 5.75 Å². The maximum absolute atomic E-state index is 11.7. The summed E-state index contributed by atoms with van der Waals surface area (Å²) in [4.78, 5) is 23.5. The van der Waals surface area contributed by atoms with Crippen molar-refractivity contribution >= 4 is 5.91 Å². The fourth-order valence-electron chi connectivity index (χ4n) is 2.91. The molecule has 2 rings (SSSR count). The van der Waals surface area contributed by atoms with Crippen molar-refractivity contribution in [2.75, 3.05) is 26.8 Å². The van der Waals surface area contributed by atoms with E-state index >= 15 is 0 Å². The van der Waals surface area contributed by atoms with E-state index in [9.17, 15) is 22.9 Å². The van der Waals surface area contributed by atoms with Gasteiger partial charge in [0.15, 0.2) is 0 Å². The topological polar surface area (TPSA) is 68.2 Å². The monoisotopic (exact) mass is 404 g/mol. The molecule has 1 saturated heterocycles. The van der Waals surface area contributed by atoms with Gasteiger partial charge in [-0.2, -0.15) is 4.91 Å². The van der Waals surface area contributed by atoms with Gasteiger partial charge in [-0.25, -0.2) is 0 Å². The highest BCUT2D eigenvalue weighted by atomic mass is 19.4. The van der Waals surface area contributed by atoms with Crippen LogP contribution < -0.4 is 4.74 Å². The number of alkyl halides is 3. The van der Waals surface area contributed by atoms with Crippen LogP contribution >= 0.6 is 0 Å². The minimum atomic E-state index is -4.69. The number of piperidine rings is 1. The van der Waals surface area contributed by atoms with Gasteiger partial charge in [0.2, 0.25) is 5.91 Å². The van der Waals surface area contributed by atoms with Gasteiger partial charge in [0, 0.05) is 26.6 Å². The smallest absolute Gasteiger partial charge is 0.406 e. The summed E-state index contributed by atoms with van der Waals surface area (Å²) < 4.78 is 43.9. The minimum Gasteiger partial charge on any atom is -0.406 e. The molecule has 1 atom stereocenters. The van der Waals surface area contributed by atoms with E-state index in [1.807, 2.05) is 4.90 Å². The van der Waals surface area contributed by atoms with Crippen LogP contribution in [0.25, 0.3) is 0 Å². The molecule has 158 valence electrons. The Labute approximate surface area is 163 Å². The van der Waals surface area contributed by atoms with E-state index in [2.05, 4.69) is 16.8 Å². The number of hydrogen-bond donors (Lipinski definition) is 0. The van der Waals surface area contributed by atoms with Crippen LogP contribution in [0, 0.1) is 10.8 Å². The van der Waals surface area contributed by atoms with Gasteiger partial charge >= 0.3 is 6.36 Å². The van der Waals surface area contributed by atoms with E-state index in [0.29, 0.717) is 23.8 Å². The molecule has 0 bridgehead atoms. The van der Waals surface area contributed by atoms with Gasteiger partial charge in [-0.05, 0) is 42.9 Å². The fourth-order valence-corrected chi connectivity index (χ4v) is 2.91. The van der Waals surface area contributed by atoms with Gasteiger partial charge < -0.3 is 14.4 Å². The van der Waals surface area contributed by atoms with Gasteiger partial charge in [-0.3, -0.25) is 4.79 Å². The second-order valence-electron chi connectivity index (χ2n) is 6.53. The first-order chi connectivity index (χ1) is 13.3. The molecule has 1 heterocycles. The minimum absolute atomic E-state index is 0.0632. The third kappa shape index (κ3) is 9.68. The van der Waals surface area contributed by atoms with E-state index in [1.165, 1.54) is 18.6 Å². The Morgan fingerprint density at radius 3 is 2.50 bits per heavy atom. The number of amides is 1. The van der Waals surface area contributed by atoms with Crippen molar-refractivity contribution in [1.82, 2.24) is 4.90 Å². The van der Waals surface area contributed by atoms with E-state index in [1.54, 1.807) is 7.11 Å². The second-order valence-corrected chi connectivity index (χ2v) is 6.53. The van der Waals surface area contributed by atoms with Crippen LogP contribution in [0.3, 0.4) is 0 Å². The maximum atomic E-state index is 11.7. The molecule has 1 aliphatic rings. The number of ether oxygens (including phenoxy) is 2. The highest BCUT2D eigenvalue weighted by Gasteiger charge is 2.30. The van der Waals surface area contributed by atoms with Gasteiger partial charge in [0.1, 0.15) is 12.3 Å². The Kier molecular flexibility index (Phi) is 10.5. The normalized spacial score (nSPS) is 16.8. The number of carbonyl (C=O) groups is 1. The molecule has 6 nitrogen and oxygen atoms in total. The number of carbonyl (C=O) groups excluding carboxylic acids is 1. The summed E-state index contributed by atoms with van der Waals surface area (Å²) in [5.41, 5.74) is 0.537. The Bertz CT molecular complexity index is 592. The predicted octanol–water partition coefficient (Wildman–Crippen LogP) is 4.52. The van der Waals surface area contributed by atoms with E-state index in [0.717, 1.165) is 44.7 Å². The molecular formula is C19H27F3N2O4. The molecule has 0 spiro atoms. The average molecular weight is 404 g/mol. The molecule has 1 unspecified atom stereocenters. The summed E-state index contributed by atoms with van der Waals surface area (Å²) in [6.45, 7) is 4.61. The van der Waals surface area contributed by atoms with Crippen molar-refractivity contribution in [2.24, 2.45) is 11.1 Å². The predicted molar refractivity (Wildman–Crippen MR) is 98.7 cm³/mol. The second kappa shape index (κ2) is 12.3. The lowest BCUT2D eigenvalue weighted by Gasteiger charge is -2.32. The number of halogens is 3. The summed E-state index contributed by atoms with van der Waals surface area (Å²) in [5.74, 6) is 0.551. The summed E-state index contributed by atoms with van der Waals surface area (Å²) >= 11 is 0. The van der Waals surface area contributed by atoms with Crippen LogP contribution in [0.2, 0.25) is 0 Å². The number of nitrogens with zero attached hydrogens (tertiary/aromatic N) is 2. The number of rotatable bonds is 7. The molecule has 1 aliphatic heterocycles. The third-order valence-corrected chi connectivity index (χ3v) is 4.14. The van der Waals surface area contributed by atoms with Crippen LogP contribution in [0.1, 0.15) is 38.2 Å². The average Bonchev–Trinajstić information content (AvgIpc) is 2.64. The van der Waals surface area contributed by atoms with Crippen molar-refractivity contribution in [3.63, 3.8) is 0 Å². The molecule has 9 heteroatoms. The van der Waals surface area contributed by atoms with Gasteiger partial charge in [-0.15, -0.1) is 13.2 Å². The molecule has 0 N–H and O–H groups in total. The van der Waals surface area contributed by atoms with Crippen molar-refractivity contribution < 1.29 is 27.4 Å². The lowest BCUT2D eigenvalue weighted by molar-refractivity contribution is -0.274. The Hall–Kier alpha value is -2.16. The molecule has 1 amide bonds. The number of nitroso groups, excluding NO2 is 1. The maximum Gasteiger partial charge on any atom is 0.573 e. The van der Waals surface area contributed by atoms with Gasteiger partial charge in [-0.1, -0.05) is 24.2 Å². The molecule has 1 aromatic rings. The Morgan fingerprint density at radius 2 is 1.96 bits per heavy atom. The fraction of sp³-hybridized carbons (Fsp3) is 0.632. The summed E-state index contributed by atoms with van der Waals surface area (Å²) in [6.07, 6.45) is -0.721. The molecule has 0 saturated carbocycles. The third-order valence-electron chi connectivity index (χ3n) is 4.14. The highest BCUT2D eigenvalue weighted by molar-refractivity contribution is 5.76. The Balaban J connectivity index is 0.000000280. The van der Waals surface area contributed by atoms with Crippen molar-refractivity contribution in [2.45, 2.75) is 45.5 Å². The summed E-state index contributed by atoms with van der Waals surface area (Å²) in [5, 5.41) is 2.60. The zero-order valence-corrected chi connectivity index (χ0v) is 16.2. The standard InChI is InChI=1S/C11H21NO2.C8H6F3NO2/c1-3-5-11(13)12-7-4-6-10(8-12)9-14-2;9-8(10,11)14-7-3-1-6(2-4-7)5-12-13/h10H,3-9H2,1-2H3;1-4H,5H2. The molecule has 1 aromatic carbocycles. The number of hydrogen-bond acceptors (Lipinski definition) is 5. The lowest BCUT2D eigenvalue weighted by atomic mass is 9.98. The first kappa shape index (κ1) is 23.9. The van der Waals surface area contributed by atoms with Crippen LogP contribution in [0.15, 0.2) is 29.4 Å². The molecule has 0 aliphatic carbocycles. The largest absolute Gasteiger partial charge is 0.573 e. The zero-order valence-electron chi connectivity index (χ0n) is 16.2. The van der Waals surface area contributed by atoms with Crippen molar-refractivity contribution in [3.05, 3.63) is 34.7 Å². The van der Waals surface area contributed by atoms with Crippen molar-refractivity contribution in [1.29, 1.82) is 0 Å². The molecule has 0 radical (unpaired) electrons. The zero-order chi connectivity index (χ0) is 21.0. The number of methoxy groups -OCH3 is 1. The van der Waals surface area contributed by atoms with Gasteiger partial charge in [0.05, 0.1) is 6.61 Å². The first-order valence-electron chi connectivity index (χ1n) is 9.19. The van der Waals surface area contributed by atoms with E-state index < -0.39 is 6.36 Å². The van der Waals surface area contributed by atoms with Crippen LogP contribution in [-0.2, 0) is 16.1 Å². The number of benzene rings is 1. The van der Waals surface area contributed by atoms with Crippen LogP contribution in [-0.4, -0.2) is 44.0 Å². The molecule has 1 fully saturated rings. The molecule has 0 aromatic heterocycles.